The topological polar surface area (TPSA) is 93.2 Å². The van der Waals surface area contributed by atoms with Gasteiger partial charge in [-0.1, -0.05) is 29.8 Å². The van der Waals surface area contributed by atoms with E-state index >= 15 is 0 Å². The second-order valence-electron chi connectivity index (χ2n) is 7.20. The van der Waals surface area contributed by atoms with Gasteiger partial charge < -0.3 is 10.5 Å². The molecule has 0 bridgehead atoms. The van der Waals surface area contributed by atoms with E-state index in [9.17, 15) is 14.9 Å². The zero-order valence-electron chi connectivity index (χ0n) is 14.7. The monoisotopic (exact) mass is 340 g/mol. The van der Waals surface area contributed by atoms with Gasteiger partial charge in [-0.3, -0.25) is 9.59 Å². The molecule has 5 atom stereocenters. The number of carbonyl (C=O) groups excluding carboxylic acids is 2. The molecule has 132 valence electrons. The number of Topliss-reactive ketones (excluding diaryl/α,β-unsaturated/α-hetero) is 1. The van der Waals surface area contributed by atoms with Gasteiger partial charge in [-0.15, -0.1) is 0 Å². The van der Waals surface area contributed by atoms with E-state index in [0.717, 1.165) is 11.1 Å². The molecule has 0 amide bonds. The lowest BCUT2D eigenvalue weighted by Gasteiger charge is -2.31. The second-order valence-corrected chi connectivity index (χ2v) is 7.20. The fourth-order valence-electron chi connectivity index (χ4n) is 4.81. The number of aryl methyl sites for hydroxylation is 1. The van der Waals surface area contributed by atoms with Crippen molar-refractivity contribution in [2.45, 2.75) is 26.7 Å². The SMILES string of the molecule is CCOC(=O)[C@H]1[C@@H]2C[C@@H](Cc3cccc(C)c3)[C@](C#N)(C(=O)CN)[C@@H]21. The van der Waals surface area contributed by atoms with Crippen LogP contribution in [0.1, 0.15) is 24.5 Å². The molecule has 0 aliphatic heterocycles. The number of ether oxygens (including phenoxy) is 1. The third-order valence-corrected chi connectivity index (χ3v) is 5.85. The third-order valence-electron chi connectivity index (χ3n) is 5.85. The molecular weight excluding hydrogens is 316 g/mol. The first-order valence-electron chi connectivity index (χ1n) is 8.86. The van der Waals surface area contributed by atoms with Crippen LogP contribution in [0.15, 0.2) is 24.3 Å². The quantitative estimate of drug-likeness (QED) is 0.800. The molecule has 2 fully saturated rings. The van der Waals surface area contributed by atoms with Crippen molar-refractivity contribution in [3.63, 3.8) is 0 Å². The van der Waals surface area contributed by atoms with Gasteiger partial charge in [0.15, 0.2) is 5.78 Å². The summed E-state index contributed by atoms with van der Waals surface area (Å²) in [7, 11) is 0. The normalized spacial score (nSPS) is 32.6. The molecule has 0 aromatic heterocycles. The Morgan fingerprint density at radius 3 is 2.80 bits per heavy atom. The van der Waals surface area contributed by atoms with Crippen LogP contribution in [0.5, 0.6) is 0 Å². The number of nitriles is 1. The molecular formula is C20H24N2O3. The summed E-state index contributed by atoms with van der Waals surface area (Å²) in [5, 5.41) is 9.97. The first-order chi connectivity index (χ1) is 12.0. The molecule has 0 saturated heterocycles. The molecule has 5 nitrogen and oxygen atoms in total. The summed E-state index contributed by atoms with van der Waals surface area (Å²) in [6, 6.07) is 10.4. The van der Waals surface area contributed by atoms with Gasteiger partial charge in [0.25, 0.3) is 0 Å². The van der Waals surface area contributed by atoms with Crippen LogP contribution in [-0.4, -0.2) is 24.9 Å². The van der Waals surface area contributed by atoms with E-state index < -0.39 is 5.41 Å². The van der Waals surface area contributed by atoms with Gasteiger partial charge in [0.1, 0.15) is 5.41 Å². The fraction of sp³-hybridized carbons (Fsp3) is 0.550. The molecule has 2 saturated carbocycles. The van der Waals surface area contributed by atoms with E-state index in [-0.39, 0.29) is 42.0 Å². The van der Waals surface area contributed by atoms with Gasteiger partial charge in [-0.25, -0.2) is 0 Å². The number of nitrogens with zero attached hydrogens (tertiary/aromatic N) is 1. The van der Waals surface area contributed by atoms with E-state index in [1.54, 1.807) is 6.92 Å². The summed E-state index contributed by atoms with van der Waals surface area (Å²) in [6.07, 6.45) is 1.35. The average Bonchev–Trinajstić information content (AvgIpc) is 3.21. The predicted octanol–water partition coefficient (Wildman–Crippen LogP) is 2.02. The van der Waals surface area contributed by atoms with Crippen LogP contribution in [0.2, 0.25) is 0 Å². The van der Waals surface area contributed by atoms with Crippen LogP contribution >= 0.6 is 0 Å². The minimum absolute atomic E-state index is 0.0593. The highest BCUT2D eigenvalue weighted by Gasteiger charge is 2.74. The number of ketones is 1. The minimum Gasteiger partial charge on any atom is -0.466 e. The average molecular weight is 340 g/mol. The number of fused-ring (bicyclic) bond motifs is 1. The Morgan fingerprint density at radius 2 is 2.20 bits per heavy atom. The summed E-state index contributed by atoms with van der Waals surface area (Å²) in [5.41, 5.74) is 6.74. The number of carbonyl (C=O) groups is 2. The van der Waals surface area contributed by atoms with Crippen molar-refractivity contribution < 1.29 is 14.3 Å². The summed E-state index contributed by atoms with van der Waals surface area (Å²) in [6.45, 7) is 3.93. The molecule has 0 spiro atoms. The lowest BCUT2D eigenvalue weighted by molar-refractivity contribution is -0.146. The maximum Gasteiger partial charge on any atom is 0.309 e. The highest BCUT2D eigenvalue weighted by molar-refractivity contribution is 5.93. The molecule has 2 aliphatic rings. The maximum absolute atomic E-state index is 12.7. The molecule has 2 aliphatic carbocycles. The largest absolute Gasteiger partial charge is 0.466 e. The van der Waals surface area contributed by atoms with Gasteiger partial charge in [0, 0.05) is 5.92 Å². The molecule has 1 aromatic carbocycles. The molecule has 3 rings (SSSR count). The van der Waals surface area contributed by atoms with E-state index in [0.29, 0.717) is 19.4 Å². The van der Waals surface area contributed by atoms with Crippen molar-refractivity contribution >= 4 is 11.8 Å². The summed E-state index contributed by atoms with van der Waals surface area (Å²) < 4.78 is 5.13. The number of esters is 1. The molecule has 0 heterocycles. The van der Waals surface area contributed by atoms with Crippen molar-refractivity contribution in [3.8, 4) is 6.07 Å². The van der Waals surface area contributed by atoms with Crippen LogP contribution in [-0.2, 0) is 20.7 Å². The Hall–Kier alpha value is -2.19. The lowest BCUT2D eigenvalue weighted by Crippen LogP contribution is -2.43. The highest BCUT2D eigenvalue weighted by atomic mass is 16.5. The maximum atomic E-state index is 12.7. The van der Waals surface area contributed by atoms with Crippen molar-refractivity contribution in [2.24, 2.45) is 34.8 Å². The van der Waals surface area contributed by atoms with Crippen LogP contribution in [0.25, 0.3) is 0 Å². The van der Waals surface area contributed by atoms with Crippen molar-refractivity contribution in [1.82, 2.24) is 0 Å². The van der Waals surface area contributed by atoms with Crippen LogP contribution in [0.4, 0.5) is 0 Å². The fourth-order valence-corrected chi connectivity index (χ4v) is 4.81. The molecule has 25 heavy (non-hydrogen) atoms. The van der Waals surface area contributed by atoms with Gasteiger partial charge in [-0.05, 0) is 44.1 Å². The van der Waals surface area contributed by atoms with Gasteiger partial charge in [-0.2, -0.15) is 5.26 Å². The Kier molecular flexibility index (Phi) is 4.66. The third kappa shape index (κ3) is 2.75. The minimum atomic E-state index is -1.17. The number of hydrogen-bond donors (Lipinski definition) is 1. The predicted molar refractivity (Wildman–Crippen MR) is 92.2 cm³/mol. The molecule has 0 unspecified atom stereocenters. The number of nitrogens with two attached hydrogens (primary N) is 1. The molecule has 0 radical (unpaired) electrons. The highest BCUT2D eigenvalue weighted by Crippen LogP contribution is 2.69. The Labute approximate surface area is 148 Å². The second kappa shape index (κ2) is 6.61. The van der Waals surface area contributed by atoms with Gasteiger partial charge >= 0.3 is 5.97 Å². The van der Waals surface area contributed by atoms with E-state index in [4.69, 9.17) is 10.5 Å². The van der Waals surface area contributed by atoms with Crippen LogP contribution in [0.3, 0.4) is 0 Å². The first-order valence-corrected chi connectivity index (χ1v) is 8.86. The summed E-state index contributed by atoms with van der Waals surface area (Å²) in [5.74, 6) is -1.14. The van der Waals surface area contributed by atoms with Crippen molar-refractivity contribution in [3.05, 3.63) is 35.4 Å². The van der Waals surface area contributed by atoms with Crippen LogP contribution in [0, 0.1) is 47.3 Å². The number of benzene rings is 1. The van der Waals surface area contributed by atoms with Gasteiger partial charge in [0.05, 0.1) is 25.1 Å². The Balaban J connectivity index is 1.89. The smallest absolute Gasteiger partial charge is 0.309 e. The zero-order chi connectivity index (χ0) is 18.2. The van der Waals surface area contributed by atoms with E-state index in [2.05, 4.69) is 12.1 Å². The van der Waals surface area contributed by atoms with Gasteiger partial charge in [0.2, 0.25) is 0 Å². The van der Waals surface area contributed by atoms with E-state index in [1.807, 2.05) is 25.1 Å². The zero-order valence-corrected chi connectivity index (χ0v) is 14.7. The number of hydrogen-bond acceptors (Lipinski definition) is 5. The van der Waals surface area contributed by atoms with Crippen molar-refractivity contribution in [1.29, 1.82) is 5.26 Å². The summed E-state index contributed by atoms with van der Waals surface area (Å²) in [4.78, 5) is 24.9. The van der Waals surface area contributed by atoms with Crippen molar-refractivity contribution in [2.75, 3.05) is 13.2 Å². The lowest BCUT2D eigenvalue weighted by atomic mass is 9.68. The molecule has 2 N–H and O–H groups in total. The summed E-state index contributed by atoms with van der Waals surface area (Å²) >= 11 is 0. The molecule has 5 heteroatoms. The first kappa shape index (κ1) is 17.6. The van der Waals surface area contributed by atoms with E-state index in [1.165, 1.54) is 0 Å². The standard InChI is InChI=1S/C20H24N2O3/c1-3-25-19(24)17-15-9-14(8-13-6-4-5-12(2)7-13)20(11-22,18(15)17)16(23)10-21/h4-7,14-15,17-18H,3,8-10,21H2,1-2H3/t14-,15+,17+,18+,20-/m1/s1. The number of rotatable bonds is 6. The Morgan fingerprint density at radius 1 is 1.44 bits per heavy atom. The Bertz CT molecular complexity index is 739. The molecule has 1 aromatic rings. The van der Waals surface area contributed by atoms with Crippen LogP contribution < -0.4 is 5.73 Å².